The monoisotopic (exact) mass is 298 g/mol. The lowest BCUT2D eigenvalue weighted by atomic mass is 10.3. The number of nitrogens with one attached hydrogen (secondary N) is 1. The van der Waals surface area contributed by atoms with E-state index in [-0.39, 0.29) is 6.04 Å². The first-order valence-corrected chi connectivity index (χ1v) is 7.70. The normalized spacial score (nSPS) is 12.3. The average Bonchev–Trinajstić information content (AvgIpc) is 2.92. The van der Waals surface area contributed by atoms with Gasteiger partial charge in [0.1, 0.15) is 10.8 Å². The molecule has 0 aliphatic rings. The van der Waals surface area contributed by atoms with Crippen LogP contribution in [0.15, 0.2) is 42.6 Å². The summed E-state index contributed by atoms with van der Waals surface area (Å²) in [7, 11) is 3.97. The Morgan fingerprint density at radius 1 is 1.14 bits per heavy atom. The number of benzene rings is 1. The second kappa shape index (κ2) is 5.69. The van der Waals surface area contributed by atoms with Crippen molar-refractivity contribution >= 4 is 33.1 Å². The largest absolute Gasteiger partial charge is 0.375 e. The van der Waals surface area contributed by atoms with Gasteiger partial charge < -0.3 is 10.2 Å². The summed E-state index contributed by atoms with van der Waals surface area (Å²) in [6.07, 6.45) is 1.86. The van der Waals surface area contributed by atoms with Crippen molar-refractivity contribution in [2.75, 3.05) is 24.3 Å². The van der Waals surface area contributed by atoms with E-state index in [4.69, 9.17) is 0 Å². The van der Waals surface area contributed by atoms with E-state index >= 15 is 0 Å². The predicted molar refractivity (Wildman–Crippen MR) is 90.2 cm³/mol. The van der Waals surface area contributed by atoms with E-state index < -0.39 is 0 Å². The van der Waals surface area contributed by atoms with Crippen LogP contribution in [0.4, 0.5) is 11.5 Å². The smallest absolute Gasteiger partial charge is 0.128 e. The van der Waals surface area contributed by atoms with Crippen LogP contribution in [-0.4, -0.2) is 24.1 Å². The van der Waals surface area contributed by atoms with Crippen molar-refractivity contribution in [3.63, 3.8) is 0 Å². The summed E-state index contributed by atoms with van der Waals surface area (Å²) in [5, 5.41) is 4.54. The number of para-hydroxylation sites is 1. The van der Waals surface area contributed by atoms with Gasteiger partial charge in [-0.3, -0.25) is 0 Å². The van der Waals surface area contributed by atoms with Gasteiger partial charge in [0.15, 0.2) is 0 Å². The number of hydrogen-bond donors (Lipinski definition) is 1. The summed E-state index contributed by atoms with van der Waals surface area (Å²) >= 11 is 1.73. The van der Waals surface area contributed by atoms with E-state index in [1.54, 1.807) is 11.3 Å². The molecule has 0 spiro atoms. The van der Waals surface area contributed by atoms with Crippen molar-refractivity contribution < 1.29 is 0 Å². The quantitative estimate of drug-likeness (QED) is 0.792. The van der Waals surface area contributed by atoms with Gasteiger partial charge >= 0.3 is 0 Å². The third-order valence-electron chi connectivity index (χ3n) is 3.27. The first kappa shape index (κ1) is 13.8. The highest BCUT2D eigenvalue weighted by Crippen LogP contribution is 2.28. The number of hydrogen-bond acceptors (Lipinski definition) is 5. The Hall–Kier alpha value is -2.14. The maximum absolute atomic E-state index is 4.68. The number of fused-ring (bicyclic) bond motifs is 1. The van der Waals surface area contributed by atoms with Gasteiger partial charge in [-0.1, -0.05) is 12.1 Å². The highest BCUT2D eigenvalue weighted by molar-refractivity contribution is 7.18. The molecule has 2 heterocycles. The summed E-state index contributed by atoms with van der Waals surface area (Å²) in [6.45, 7) is 2.12. The van der Waals surface area contributed by atoms with Crippen LogP contribution in [0.1, 0.15) is 18.0 Å². The number of anilines is 2. The van der Waals surface area contributed by atoms with Crippen molar-refractivity contribution in [3.8, 4) is 0 Å². The molecule has 108 valence electrons. The zero-order chi connectivity index (χ0) is 14.8. The Bertz CT molecular complexity index is 700. The van der Waals surface area contributed by atoms with Crippen LogP contribution >= 0.6 is 11.3 Å². The molecule has 1 atom stereocenters. The van der Waals surface area contributed by atoms with E-state index in [2.05, 4.69) is 34.3 Å². The van der Waals surface area contributed by atoms with E-state index in [1.165, 1.54) is 4.70 Å². The molecule has 0 radical (unpaired) electrons. The van der Waals surface area contributed by atoms with Crippen molar-refractivity contribution in [2.45, 2.75) is 13.0 Å². The first-order chi connectivity index (χ1) is 10.1. The Morgan fingerprint density at radius 3 is 2.62 bits per heavy atom. The van der Waals surface area contributed by atoms with Gasteiger partial charge in [-0.25, -0.2) is 9.97 Å². The Morgan fingerprint density at radius 2 is 1.95 bits per heavy atom. The van der Waals surface area contributed by atoms with Crippen molar-refractivity contribution in [1.82, 2.24) is 9.97 Å². The maximum Gasteiger partial charge on any atom is 0.128 e. The fourth-order valence-corrected chi connectivity index (χ4v) is 3.09. The molecule has 0 saturated heterocycles. The van der Waals surface area contributed by atoms with Crippen LogP contribution in [0.5, 0.6) is 0 Å². The van der Waals surface area contributed by atoms with Crippen LogP contribution < -0.4 is 10.2 Å². The maximum atomic E-state index is 4.68. The van der Waals surface area contributed by atoms with E-state index in [1.807, 2.05) is 49.5 Å². The lowest BCUT2D eigenvalue weighted by molar-refractivity contribution is 0.872. The highest BCUT2D eigenvalue weighted by Gasteiger charge is 2.11. The third-order valence-corrected chi connectivity index (χ3v) is 4.49. The van der Waals surface area contributed by atoms with Crippen molar-refractivity contribution in [2.24, 2.45) is 0 Å². The standard InChI is InChI=1S/C16H18N4S/c1-11(16-19-13-6-4-5-7-14(13)21-16)18-12-8-9-15(17-10-12)20(2)3/h4-11,18H,1-3H3. The molecule has 0 bridgehead atoms. The van der Waals surface area contributed by atoms with E-state index in [0.717, 1.165) is 22.0 Å². The molecule has 0 aliphatic carbocycles. The van der Waals surface area contributed by atoms with Gasteiger partial charge in [0.2, 0.25) is 0 Å². The van der Waals surface area contributed by atoms with Gasteiger partial charge in [0.05, 0.1) is 28.1 Å². The fourth-order valence-electron chi connectivity index (χ4n) is 2.12. The molecule has 0 fully saturated rings. The van der Waals surface area contributed by atoms with Crippen LogP contribution in [-0.2, 0) is 0 Å². The lowest BCUT2D eigenvalue weighted by Crippen LogP contribution is -2.11. The second-order valence-electron chi connectivity index (χ2n) is 5.19. The second-order valence-corrected chi connectivity index (χ2v) is 6.25. The molecule has 3 rings (SSSR count). The van der Waals surface area contributed by atoms with E-state index in [9.17, 15) is 0 Å². The molecule has 0 saturated carbocycles. The Kier molecular flexibility index (Phi) is 3.75. The zero-order valence-corrected chi connectivity index (χ0v) is 13.2. The summed E-state index contributed by atoms with van der Waals surface area (Å²) in [4.78, 5) is 11.1. The van der Waals surface area contributed by atoms with Gasteiger partial charge in [-0.2, -0.15) is 0 Å². The number of pyridine rings is 1. The molecular weight excluding hydrogens is 280 g/mol. The molecule has 5 heteroatoms. The summed E-state index contributed by atoms with van der Waals surface area (Å²) in [5.74, 6) is 0.952. The molecule has 0 amide bonds. The summed E-state index contributed by atoms with van der Waals surface area (Å²) < 4.78 is 1.22. The molecule has 0 aliphatic heterocycles. The minimum absolute atomic E-state index is 0.161. The van der Waals surface area contributed by atoms with Crippen LogP contribution in [0.25, 0.3) is 10.2 Å². The summed E-state index contributed by atoms with van der Waals surface area (Å²) in [6, 6.07) is 12.4. The molecule has 2 aromatic heterocycles. The SMILES string of the molecule is CC(Nc1ccc(N(C)C)nc1)c1nc2ccccc2s1. The van der Waals surface area contributed by atoms with Crippen LogP contribution in [0, 0.1) is 0 Å². The molecule has 1 aromatic carbocycles. The number of rotatable bonds is 4. The van der Waals surface area contributed by atoms with Crippen LogP contribution in [0.3, 0.4) is 0 Å². The van der Waals surface area contributed by atoms with Crippen LogP contribution in [0.2, 0.25) is 0 Å². The van der Waals surface area contributed by atoms with Gasteiger partial charge in [0, 0.05) is 14.1 Å². The molecule has 21 heavy (non-hydrogen) atoms. The fraction of sp³-hybridized carbons (Fsp3) is 0.250. The third kappa shape index (κ3) is 2.97. The minimum atomic E-state index is 0.161. The molecule has 1 unspecified atom stereocenters. The molecule has 3 aromatic rings. The van der Waals surface area contributed by atoms with Crippen molar-refractivity contribution in [1.29, 1.82) is 0 Å². The zero-order valence-electron chi connectivity index (χ0n) is 12.4. The van der Waals surface area contributed by atoms with Gasteiger partial charge in [-0.05, 0) is 31.2 Å². The van der Waals surface area contributed by atoms with Gasteiger partial charge in [-0.15, -0.1) is 11.3 Å². The highest BCUT2D eigenvalue weighted by atomic mass is 32.1. The molecule has 1 N–H and O–H groups in total. The number of thiazole rings is 1. The Labute approximate surface area is 128 Å². The molecular formula is C16H18N4S. The number of nitrogens with zero attached hydrogens (tertiary/aromatic N) is 3. The predicted octanol–water partition coefficient (Wildman–Crippen LogP) is 3.93. The first-order valence-electron chi connectivity index (χ1n) is 6.89. The lowest BCUT2D eigenvalue weighted by Gasteiger charge is -2.14. The number of aromatic nitrogens is 2. The van der Waals surface area contributed by atoms with Gasteiger partial charge in [0.25, 0.3) is 0 Å². The average molecular weight is 298 g/mol. The topological polar surface area (TPSA) is 41.0 Å². The minimum Gasteiger partial charge on any atom is -0.375 e. The van der Waals surface area contributed by atoms with E-state index in [0.29, 0.717) is 0 Å². The molecule has 4 nitrogen and oxygen atoms in total. The Balaban J connectivity index is 1.77. The summed E-state index contributed by atoms with van der Waals surface area (Å²) in [5.41, 5.74) is 2.07. The van der Waals surface area contributed by atoms with Crippen molar-refractivity contribution in [3.05, 3.63) is 47.6 Å².